The number of carbonyl (C=O) groups is 3. The molecule has 2 N–H and O–H groups in total. The minimum absolute atomic E-state index is 0.0135. The lowest BCUT2D eigenvalue weighted by atomic mass is 9.33. The summed E-state index contributed by atoms with van der Waals surface area (Å²) in [4.78, 5) is 40.6. The van der Waals surface area contributed by atoms with Gasteiger partial charge in [-0.3, -0.25) is 19.6 Å². The number of ketones is 1. The normalized spacial score (nSPS) is 42.7. The van der Waals surface area contributed by atoms with Crippen molar-refractivity contribution in [1.29, 1.82) is 0 Å². The van der Waals surface area contributed by atoms with Crippen LogP contribution in [0.25, 0.3) is 0 Å². The van der Waals surface area contributed by atoms with Crippen LogP contribution in [0.2, 0.25) is 0 Å². The minimum atomic E-state index is -0.654. The summed E-state index contributed by atoms with van der Waals surface area (Å²) in [6, 6.07) is 6.31. The number of ether oxygens (including phenoxy) is 1. The third-order valence-electron chi connectivity index (χ3n) is 14.7. The summed E-state index contributed by atoms with van der Waals surface area (Å²) in [6.07, 6.45) is 9.90. The predicted molar refractivity (Wildman–Crippen MR) is 178 cm³/mol. The Morgan fingerprint density at radius 1 is 0.978 bits per heavy atom. The molecule has 4 fully saturated rings. The molecule has 252 valence electrons. The first-order valence-corrected chi connectivity index (χ1v) is 17.3. The van der Waals surface area contributed by atoms with Crippen LogP contribution in [-0.2, 0) is 19.1 Å². The number of benzene rings is 1. The molecule has 4 saturated carbocycles. The molecule has 1 aromatic carbocycles. The standard InChI is InChI=1S/C38H53N2O6/c1-23(41)46-30-13-14-36(6)29(33(30,2)3)12-15-38(8)31(36)28(42)21-26-27-22-35(5,17-16-34(27,4)18-19-37(26,38)7)32(43)39-24-10-9-11-25(20-24)40(44)45/h9-11,20-21,27,29-31,44H,12-19,22H2,1-8H3,(H,39,43)/q-1/t27-,29-,30+,31-,34-,35+,36-,37+,38-/m1/s1. The summed E-state index contributed by atoms with van der Waals surface area (Å²) in [7, 11) is 0. The van der Waals surface area contributed by atoms with Crippen molar-refractivity contribution in [2.75, 3.05) is 10.5 Å². The molecule has 0 unspecified atom stereocenters. The number of anilines is 2. The average molecular weight is 634 g/mol. The van der Waals surface area contributed by atoms with Crippen LogP contribution in [0.1, 0.15) is 113 Å². The van der Waals surface area contributed by atoms with Crippen molar-refractivity contribution in [3.63, 3.8) is 0 Å². The van der Waals surface area contributed by atoms with Gasteiger partial charge >= 0.3 is 5.97 Å². The van der Waals surface area contributed by atoms with E-state index in [1.165, 1.54) is 24.6 Å². The molecule has 0 radical (unpaired) electrons. The van der Waals surface area contributed by atoms with Crippen molar-refractivity contribution in [2.24, 2.45) is 50.2 Å². The quantitative estimate of drug-likeness (QED) is 0.253. The van der Waals surface area contributed by atoms with Crippen LogP contribution >= 0.6 is 0 Å². The van der Waals surface area contributed by atoms with Crippen LogP contribution in [-0.4, -0.2) is 29.0 Å². The zero-order valence-electron chi connectivity index (χ0n) is 29.0. The molecule has 8 nitrogen and oxygen atoms in total. The Kier molecular flexibility index (Phi) is 7.68. The van der Waals surface area contributed by atoms with Crippen LogP contribution in [0.5, 0.6) is 0 Å². The number of hydrogen-bond acceptors (Lipinski definition) is 7. The Labute approximate surface area is 274 Å². The molecule has 46 heavy (non-hydrogen) atoms. The van der Waals surface area contributed by atoms with Gasteiger partial charge in [-0.25, -0.2) is 0 Å². The number of amides is 1. The van der Waals surface area contributed by atoms with Gasteiger partial charge in [-0.05, 0) is 116 Å². The highest BCUT2D eigenvalue weighted by Gasteiger charge is 2.70. The molecule has 9 atom stereocenters. The number of nitrogens with one attached hydrogen (secondary N) is 1. The Morgan fingerprint density at radius 2 is 1.67 bits per heavy atom. The SMILES string of the molecule is CC(=O)O[C@H]1CC[C@]2(C)[C@H](CC[C@]3(C)[C@@H]2C(=O)C=C2[C@H]4C[C@@](C)(C(=O)Nc5cccc(N([O-])O)c5)CC[C@]4(C)CC[C@@]23C)C1(C)C. The summed E-state index contributed by atoms with van der Waals surface area (Å²) in [5.74, 6) is 0.190. The molecule has 1 amide bonds. The fourth-order valence-corrected chi connectivity index (χ4v) is 11.8. The van der Waals surface area contributed by atoms with E-state index in [0.717, 1.165) is 51.4 Å². The largest absolute Gasteiger partial charge is 0.733 e. The van der Waals surface area contributed by atoms with Gasteiger partial charge in [0.05, 0.1) is 5.69 Å². The monoisotopic (exact) mass is 633 g/mol. The summed E-state index contributed by atoms with van der Waals surface area (Å²) in [5, 5.41) is 23.6. The second kappa shape index (κ2) is 10.6. The third-order valence-corrected chi connectivity index (χ3v) is 14.7. The molecule has 5 aliphatic rings. The van der Waals surface area contributed by atoms with Gasteiger partial charge in [0.1, 0.15) is 6.10 Å². The van der Waals surface area contributed by atoms with E-state index in [0.29, 0.717) is 12.1 Å². The number of esters is 1. The number of fused-ring (bicyclic) bond motifs is 7. The van der Waals surface area contributed by atoms with E-state index in [2.05, 4.69) is 46.9 Å². The van der Waals surface area contributed by atoms with Gasteiger partial charge in [0.25, 0.3) is 0 Å². The smallest absolute Gasteiger partial charge is 0.302 e. The van der Waals surface area contributed by atoms with Crippen molar-refractivity contribution in [2.45, 2.75) is 119 Å². The average Bonchev–Trinajstić information content (AvgIpc) is 2.96. The van der Waals surface area contributed by atoms with Crippen molar-refractivity contribution in [3.8, 4) is 0 Å². The van der Waals surface area contributed by atoms with E-state index in [1.807, 2.05) is 13.0 Å². The molecule has 0 spiro atoms. The van der Waals surface area contributed by atoms with Gasteiger partial charge in [-0.2, -0.15) is 0 Å². The van der Waals surface area contributed by atoms with Crippen molar-refractivity contribution in [3.05, 3.63) is 41.1 Å². The number of hydrogen-bond donors (Lipinski definition) is 2. The first-order chi connectivity index (χ1) is 21.3. The molecule has 0 aliphatic heterocycles. The molecular weight excluding hydrogens is 580 g/mol. The Morgan fingerprint density at radius 3 is 2.35 bits per heavy atom. The second-order valence-electron chi connectivity index (χ2n) is 17.5. The number of nitrogens with zero attached hydrogens (tertiary/aromatic N) is 1. The number of allylic oxidation sites excluding steroid dienone is 2. The maximum Gasteiger partial charge on any atom is 0.302 e. The van der Waals surface area contributed by atoms with Crippen LogP contribution < -0.4 is 10.5 Å². The van der Waals surface area contributed by atoms with E-state index in [9.17, 15) is 24.8 Å². The van der Waals surface area contributed by atoms with Crippen LogP contribution in [0.4, 0.5) is 11.4 Å². The molecule has 8 heteroatoms. The van der Waals surface area contributed by atoms with Crippen molar-refractivity contribution >= 4 is 29.0 Å². The van der Waals surface area contributed by atoms with Gasteiger partial charge in [0.2, 0.25) is 5.91 Å². The summed E-state index contributed by atoms with van der Waals surface area (Å²) in [6.45, 7) is 17.5. The van der Waals surface area contributed by atoms with E-state index < -0.39 is 5.41 Å². The van der Waals surface area contributed by atoms with Crippen molar-refractivity contribution < 1.29 is 24.3 Å². The van der Waals surface area contributed by atoms with Gasteiger partial charge in [-0.1, -0.05) is 60.1 Å². The maximum atomic E-state index is 14.7. The lowest BCUT2D eigenvalue weighted by Crippen LogP contribution is -2.66. The number of rotatable bonds is 4. The first kappa shape index (κ1) is 33.2. The first-order valence-electron chi connectivity index (χ1n) is 17.3. The highest BCUT2D eigenvalue weighted by Crippen LogP contribution is 2.75. The Balaban J connectivity index is 1.33. The molecule has 0 heterocycles. The van der Waals surface area contributed by atoms with Crippen LogP contribution in [0.15, 0.2) is 35.9 Å². The van der Waals surface area contributed by atoms with E-state index in [4.69, 9.17) is 4.74 Å². The molecule has 1 aromatic rings. The second-order valence-corrected chi connectivity index (χ2v) is 17.5. The highest BCUT2D eigenvalue weighted by atomic mass is 16.8. The topological polar surface area (TPSA) is 119 Å². The third kappa shape index (κ3) is 4.71. The minimum Gasteiger partial charge on any atom is -0.733 e. The lowest BCUT2D eigenvalue weighted by Gasteiger charge is -2.70. The van der Waals surface area contributed by atoms with Gasteiger partial charge in [0, 0.05) is 29.4 Å². The maximum absolute atomic E-state index is 14.7. The summed E-state index contributed by atoms with van der Waals surface area (Å²) >= 11 is 0. The predicted octanol–water partition coefficient (Wildman–Crippen LogP) is 8.23. The van der Waals surface area contributed by atoms with Gasteiger partial charge < -0.3 is 20.5 Å². The fourth-order valence-electron chi connectivity index (χ4n) is 11.8. The van der Waals surface area contributed by atoms with Gasteiger partial charge in [0.15, 0.2) is 5.78 Å². The van der Waals surface area contributed by atoms with E-state index >= 15 is 0 Å². The number of carbonyl (C=O) groups excluding carboxylic acids is 3. The van der Waals surface area contributed by atoms with Crippen molar-refractivity contribution in [1.82, 2.24) is 0 Å². The summed E-state index contributed by atoms with van der Waals surface area (Å²) < 4.78 is 5.86. The molecule has 0 aromatic heterocycles. The zero-order chi connectivity index (χ0) is 33.7. The molecule has 5 aliphatic carbocycles. The Hall–Kier alpha value is -2.71. The highest BCUT2D eigenvalue weighted by molar-refractivity contribution is 5.97. The molecule has 0 bridgehead atoms. The van der Waals surface area contributed by atoms with Crippen LogP contribution in [0, 0.1) is 55.5 Å². The molecular formula is C38H53N2O6-. The van der Waals surface area contributed by atoms with E-state index in [1.54, 1.807) is 12.1 Å². The lowest BCUT2D eigenvalue weighted by molar-refractivity contribution is -0.210. The van der Waals surface area contributed by atoms with Crippen LogP contribution in [0.3, 0.4) is 0 Å². The van der Waals surface area contributed by atoms with E-state index in [-0.39, 0.29) is 79.5 Å². The Bertz CT molecular complexity index is 1480. The summed E-state index contributed by atoms with van der Waals surface area (Å²) in [5.41, 5.74) is 0.346. The fraction of sp³-hybridized carbons (Fsp3) is 0.711. The molecule has 0 saturated heterocycles. The zero-order valence-corrected chi connectivity index (χ0v) is 29.0. The van der Waals surface area contributed by atoms with Gasteiger partial charge in [-0.15, -0.1) is 0 Å². The molecule has 6 rings (SSSR count).